The van der Waals surface area contributed by atoms with Gasteiger partial charge in [0.2, 0.25) is 5.95 Å². The normalized spacial score (nSPS) is 15.6. The van der Waals surface area contributed by atoms with Crippen molar-refractivity contribution in [3.63, 3.8) is 0 Å². The summed E-state index contributed by atoms with van der Waals surface area (Å²) >= 11 is 12.4. The molecular formula is C33H30Cl2FIN6O. The first-order chi connectivity index (χ1) is 21.2. The van der Waals surface area contributed by atoms with Gasteiger partial charge in [0.15, 0.2) is 0 Å². The summed E-state index contributed by atoms with van der Waals surface area (Å²) in [7, 11) is 1.96. The molecule has 0 spiro atoms. The first kappa shape index (κ1) is 30.8. The molecular weight excluding hydrogens is 713 g/mol. The number of carbonyl (C=O) groups excluding carboxylic acids is 1. The molecule has 1 amide bonds. The number of halogens is 4. The van der Waals surface area contributed by atoms with E-state index < -0.39 is 20.7 Å². The fraction of sp³-hybridized carbons (Fsp3) is 0.242. The van der Waals surface area contributed by atoms with Gasteiger partial charge in [0, 0.05) is 61.4 Å². The molecule has 3 heterocycles. The van der Waals surface area contributed by atoms with Crippen molar-refractivity contribution in [1.82, 2.24) is 20.2 Å². The Kier molecular flexibility index (Phi) is 8.83. The summed E-state index contributed by atoms with van der Waals surface area (Å²) in [5, 5.41) is 7.44. The average molecular weight is 743 g/mol. The van der Waals surface area contributed by atoms with Gasteiger partial charge in [-0.3, -0.25) is 9.79 Å². The monoisotopic (exact) mass is 742 g/mol. The SMILES string of the molecule is C=Ic1cccc(F)c1C1=NCc2cnc(Nc3ccc(C(=O)N4CCC(C)(NC)CC4)c(Cl)c3)nc2-c2ccc(Cl)cc21. The zero-order valence-electron chi connectivity index (χ0n) is 24.2. The van der Waals surface area contributed by atoms with Crippen LogP contribution < -0.4 is 10.6 Å². The van der Waals surface area contributed by atoms with Crippen molar-refractivity contribution in [3.8, 4) is 11.3 Å². The van der Waals surface area contributed by atoms with Gasteiger partial charge in [-0.1, -0.05) is 60.6 Å². The number of carbonyl (C=O) groups is 1. The molecule has 1 saturated heterocycles. The fourth-order valence-electron chi connectivity index (χ4n) is 5.55. The molecule has 6 rings (SSSR count). The number of rotatable bonds is 6. The van der Waals surface area contributed by atoms with Gasteiger partial charge in [0.05, 0.1) is 28.5 Å². The zero-order valence-corrected chi connectivity index (χ0v) is 27.9. The van der Waals surface area contributed by atoms with Crippen LogP contribution in [-0.2, 0) is 6.54 Å². The Balaban J connectivity index is 1.29. The number of nitrogens with one attached hydrogen (secondary N) is 2. The van der Waals surface area contributed by atoms with Crippen LogP contribution in [0.15, 0.2) is 65.8 Å². The van der Waals surface area contributed by atoms with Crippen LogP contribution >= 0.6 is 43.9 Å². The minimum atomic E-state index is -0.655. The number of anilines is 2. The third kappa shape index (κ3) is 6.02. The van der Waals surface area contributed by atoms with Crippen LogP contribution in [-0.4, -0.2) is 56.7 Å². The number of piperidine rings is 1. The van der Waals surface area contributed by atoms with E-state index in [9.17, 15) is 4.79 Å². The van der Waals surface area contributed by atoms with Gasteiger partial charge in [-0.05, 0) is 69.3 Å². The number of fused-ring (bicyclic) bond motifs is 3. The molecule has 7 nitrogen and oxygen atoms in total. The van der Waals surface area contributed by atoms with Crippen molar-refractivity contribution in [2.45, 2.75) is 31.8 Å². The van der Waals surface area contributed by atoms with Crippen molar-refractivity contribution in [2.75, 3.05) is 25.5 Å². The number of likely N-dealkylation sites (tertiary alicyclic amines) is 1. The lowest BCUT2D eigenvalue weighted by Gasteiger charge is -2.39. The van der Waals surface area contributed by atoms with Gasteiger partial charge >= 0.3 is 0 Å². The summed E-state index contributed by atoms with van der Waals surface area (Å²) in [6.45, 7) is 3.79. The van der Waals surface area contributed by atoms with E-state index in [0.29, 0.717) is 62.9 Å². The molecule has 0 bridgehead atoms. The molecule has 2 aliphatic heterocycles. The summed E-state index contributed by atoms with van der Waals surface area (Å²) in [5.41, 5.74) is 5.08. The van der Waals surface area contributed by atoms with E-state index in [0.717, 1.165) is 27.5 Å². The van der Waals surface area contributed by atoms with Crippen molar-refractivity contribution in [1.29, 1.82) is 0 Å². The summed E-state index contributed by atoms with van der Waals surface area (Å²) in [6.07, 6.45) is 3.48. The first-order valence-corrected chi connectivity index (χ1v) is 17.5. The standard InChI is InChI=1S/C33H30Cl2FIN6O/c1-33(38-3)11-13-43(14-12-33)31(44)23-10-8-21(16-25(23)35)41-32-40-18-19-17-39-30(28-26(36)5-4-6-27(28)37-2)24-15-20(34)7-9-22(24)29(19)42-32/h4-10,15-16,18,38H,2,11-14,17H2,1,3H3,(H,40,41,42). The van der Waals surface area contributed by atoms with Crippen LogP contribution in [0.5, 0.6) is 0 Å². The second kappa shape index (κ2) is 12.6. The molecule has 2 N–H and O–H groups in total. The number of nitrogens with zero attached hydrogens (tertiary/aromatic N) is 4. The van der Waals surface area contributed by atoms with E-state index in [2.05, 4.69) is 27.1 Å². The Morgan fingerprint density at radius 3 is 2.61 bits per heavy atom. The van der Waals surface area contributed by atoms with Gasteiger partial charge in [-0.15, -0.1) is 0 Å². The highest BCUT2D eigenvalue weighted by atomic mass is 127. The fourth-order valence-corrected chi connectivity index (χ4v) is 7.34. The summed E-state index contributed by atoms with van der Waals surface area (Å²) < 4.78 is 20.2. The third-order valence-corrected chi connectivity index (χ3v) is 10.6. The molecule has 0 saturated carbocycles. The van der Waals surface area contributed by atoms with Crippen LogP contribution in [0.1, 0.15) is 46.8 Å². The third-order valence-electron chi connectivity index (χ3n) is 8.32. The van der Waals surface area contributed by atoms with Crippen LogP contribution in [0, 0.1) is 9.39 Å². The number of benzene rings is 3. The number of hydrogen-bond acceptors (Lipinski definition) is 6. The Hall–Kier alpha value is -3.25. The van der Waals surface area contributed by atoms with Crippen LogP contribution in [0.4, 0.5) is 16.0 Å². The number of amides is 1. The maximum atomic E-state index is 15.2. The first-order valence-electron chi connectivity index (χ1n) is 14.1. The smallest absolute Gasteiger partial charge is 0.255 e. The number of aliphatic imine (C=N–C) groups is 1. The minimum Gasteiger partial charge on any atom is -0.338 e. The molecule has 0 aliphatic carbocycles. The molecule has 4 aromatic rings. The van der Waals surface area contributed by atoms with Gasteiger partial charge < -0.3 is 15.5 Å². The lowest BCUT2D eigenvalue weighted by Crippen LogP contribution is -2.51. The van der Waals surface area contributed by atoms with Crippen LogP contribution in [0.25, 0.3) is 11.3 Å². The molecule has 0 radical (unpaired) electrons. The van der Waals surface area contributed by atoms with Crippen molar-refractivity contribution in [2.24, 2.45) is 4.99 Å². The van der Waals surface area contributed by atoms with Crippen molar-refractivity contribution in [3.05, 3.63) is 102 Å². The maximum Gasteiger partial charge on any atom is 0.255 e. The Morgan fingerprint density at radius 1 is 1.09 bits per heavy atom. The predicted octanol–water partition coefficient (Wildman–Crippen LogP) is 7.47. The number of aromatic nitrogens is 2. The molecule has 0 atom stereocenters. The second-order valence-electron chi connectivity index (χ2n) is 11.1. The largest absolute Gasteiger partial charge is 0.338 e. The van der Waals surface area contributed by atoms with Crippen LogP contribution in [0.3, 0.4) is 0 Å². The molecule has 226 valence electrons. The molecule has 1 aromatic heterocycles. The van der Waals surface area contributed by atoms with E-state index >= 15 is 4.39 Å². The van der Waals surface area contributed by atoms with Crippen molar-refractivity contribution >= 4 is 71.7 Å². The quantitative estimate of drug-likeness (QED) is 0.201. The van der Waals surface area contributed by atoms with Gasteiger partial charge in [-0.25, -0.2) is 14.4 Å². The van der Waals surface area contributed by atoms with E-state index in [1.807, 2.05) is 24.1 Å². The van der Waals surface area contributed by atoms with E-state index in [1.54, 1.807) is 42.6 Å². The lowest BCUT2D eigenvalue weighted by molar-refractivity contribution is 0.0662. The molecule has 44 heavy (non-hydrogen) atoms. The van der Waals surface area contributed by atoms with Gasteiger partial charge in [-0.2, -0.15) is 0 Å². The highest BCUT2D eigenvalue weighted by Crippen LogP contribution is 2.36. The summed E-state index contributed by atoms with van der Waals surface area (Å²) in [5.74, 6) is -0.0719. The molecule has 1 fully saturated rings. The van der Waals surface area contributed by atoms with Crippen LogP contribution in [0.2, 0.25) is 10.0 Å². The molecule has 3 aromatic carbocycles. The molecule has 11 heteroatoms. The van der Waals surface area contributed by atoms with E-state index in [1.165, 1.54) is 6.07 Å². The Bertz CT molecular complexity index is 1820. The highest BCUT2D eigenvalue weighted by molar-refractivity contribution is 14.2. The average Bonchev–Trinajstić information content (AvgIpc) is 3.17. The molecule has 2 aliphatic rings. The second-order valence-corrected chi connectivity index (χ2v) is 13.8. The lowest BCUT2D eigenvalue weighted by atomic mass is 9.89. The Morgan fingerprint density at radius 2 is 1.89 bits per heavy atom. The van der Waals surface area contributed by atoms with Gasteiger partial charge in [0.1, 0.15) is 5.82 Å². The number of hydrogen-bond donors (Lipinski definition) is 2. The van der Waals surface area contributed by atoms with Crippen molar-refractivity contribution < 1.29 is 9.18 Å². The van der Waals surface area contributed by atoms with E-state index in [4.69, 9.17) is 33.2 Å². The molecule has 0 unspecified atom stereocenters. The predicted molar refractivity (Wildman–Crippen MR) is 185 cm³/mol. The Labute approximate surface area is 275 Å². The zero-order chi connectivity index (χ0) is 31.0. The minimum absolute atomic E-state index is 0.0393. The maximum absolute atomic E-state index is 15.2. The topological polar surface area (TPSA) is 82.5 Å². The summed E-state index contributed by atoms with van der Waals surface area (Å²) in [4.78, 5) is 29.3. The summed E-state index contributed by atoms with van der Waals surface area (Å²) in [6, 6.07) is 15.8. The van der Waals surface area contributed by atoms with E-state index in [-0.39, 0.29) is 23.8 Å². The van der Waals surface area contributed by atoms with Gasteiger partial charge in [0.25, 0.3) is 5.91 Å². The highest BCUT2D eigenvalue weighted by Gasteiger charge is 2.31.